The molecule has 0 aliphatic heterocycles. The van der Waals surface area contributed by atoms with Crippen molar-refractivity contribution in [1.82, 2.24) is 4.98 Å². The van der Waals surface area contributed by atoms with Crippen LogP contribution in [0.2, 0.25) is 0 Å². The van der Waals surface area contributed by atoms with Gasteiger partial charge in [-0.3, -0.25) is 9.59 Å². The maximum Gasteiger partial charge on any atom is 0.252 e. The molecule has 2 heterocycles. The van der Waals surface area contributed by atoms with E-state index in [0.29, 0.717) is 8.91 Å². The van der Waals surface area contributed by atoms with E-state index in [0.717, 1.165) is 41.3 Å². The fraction of sp³-hybridized carbons (Fsp3) is 0.0625. The lowest BCUT2D eigenvalue weighted by molar-refractivity contribution is -0.113. The molecule has 0 aliphatic rings. The number of pyridine rings is 1. The molecule has 0 aliphatic carbocycles. The number of nitriles is 1. The molecular formula is C16H9F2N3O3S2. The molecule has 0 atom stereocenters. The van der Waals surface area contributed by atoms with Crippen LogP contribution in [0, 0.1) is 23.0 Å². The number of nitrogens with zero attached hydrogens (tertiary/aromatic N) is 1. The number of aromatic hydroxyl groups is 1. The van der Waals surface area contributed by atoms with Crippen molar-refractivity contribution >= 4 is 44.9 Å². The zero-order chi connectivity index (χ0) is 18.8. The second-order valence-electron chi connectivity index (χ2n) is 5.07. The maximum absolute atomic E-state index is 13.1. The Morgan fingerprint density at radius 3 is 2.81 bits per heavy atom. The smallest absolute Gasteiger partial charge is 0.252 e. The number of aromatic amines is 1. The summed E-state index contributed by atoms with van der Waals surface area (Å²) in [6, 6.07) is 5.94. The molecule has 26 heavy (non-hydrogen) atoms. The summed E-state index contributed by atoms with van der Waals surface area (Å²) in [5, 5.41) is 21.6. The van der Waals surface area contributed by atoms with E-state index in [1.165, 1.54) is 6.07 Å². The third kappa shape index (κ3) is 3.54. The maximum atomic E-state index is 13.1. The van der Waals surface area contributed by atoms with Gasteiger partial charge < -0.3 is 15.4 Å². The highest BCUT2D eigenvalue weighted by Gasteiger charge is 2.17. The van der Waals surface area contributed by atoms with Gasteiger partial charge in [0.05, 0.1) is 20.2 Å². The number of rotatable bonds is 4. The van der Waals surface area contributed by atoms with Gasteiger partial charge >= 0.3 is 0 Å². The molecule has 0 saturated carbocycles. The molecule has 6 nitrogen and oxygen atoms in total. The van der Waals surface area contributed by atoms with Crippen LogP contribution in [0.25, 0.3) is 10.2 Å². The van der Waals surface area contributed by atoms with Crippen molar-refractivity contribution in [2.24, 2.45) is 0 Å². The van der Waals surface area contributed by atoms with Crippen LogP contribution < -0.4 is 10.9 Å². The van der Waals surface area contributed by atoms with E-state index in [4.69, 9.17) is 0 Å². The molecule has 3 N–H and O–H groups in total. The third-order valence-corrected chi connectivity index (χ3v) is 5.76. The number of nitrogens with one attached hydrogen (secondary N) is 2. The van der Waals surface area contributed by atoms with E-state index in [9.17, 15) is 28.7 Å². The molecular weight excluding hydrogens is 384 g/mol. The van der Waals surface area contributed by atoms with Crippen molar-refractivity contribution in [1.29, 1.82) is 5.26 Å². The SMILES string of the molecule is N#Cc1c(SCC(=O)Nc2ccc(F)c(F)c2)sc2c(O)cc(=O)[nH]c12. The Balaban J connectivity index is 1.78. The van der Waals surface area contributed by atoms with Crippen LogP contribution in [0.15, 0.2) is 33.3 Å². The lowest BCUT2D eigenvalue weighted by Crippen LogP contribution is -2.14. The molecule has 3 aromatic rings. The van der Waals surface area contributed by atoms with E-state index < -0.39 is 23.1 Å². The number of thiophene rings is 1. The van der Waals surface area contributed by atoms with Crippen molar-refractivity contribution in [2.45, 2.75) is 4.21 Å². The van der Waals surface area contributed by atoms with Crippen LogP contribution in [0.4, 0.5) is 14.5 Å². The normalized spacial score (nSPS) is 10.7. The number of carbonyl (C=O) groups is 1. The zero-order valence-corrected chi connectivity index (χ0v) is 14.4. The summed E-state index contributed by atoms with van der Waals surface area (Å²) in [6.45, 7) is 0. The molecule has 0 spiro atoms. The fourth-order valence-corrected chi connectivity index (χ4v) is 4.31. The van der Waals surface area contributed by atoms with Crippen LogP contribution in [-0.4, -0.2) is 21.8 Å². The molecule has 0 unspecified atom stereocenters. The highest BCUT2D eigenvalue weighted by Crippen LogP contribution is 2.39. The first-order valence-corrected chi connectivity index (χ1v) is 8.86. The lowest BCUT2D eigenvalue weighted by atomic mass is 10.3. The molecule has 3 rings (SSSR count). The highest BCUT2D eigenvalue weighted by molar-refractivity contribution is 8.02. The van der Waals surface area contributed by atoms with Gasteiger partial charge in [-0.2, -0.15) is 5.26 Å². The summed E-state index contributed by atoms with van der Waals surface area (Å²) in [6.07, 6.45) is 0. The van der Waals surface area contributed by atoms with Crippen LogP contribution in [0.5, 0.6) is 5.75 Å². The number of hydrogen-bond donors (Lipinski definition) is 3. The summed E-state index contributed by atoms with van der Waals surface area (Å²) < 4.78 is 26.8. The average molecular weight is 393 g/mol. The molecule has 10 heteroatoms. The number of benzene rings is 1. The number of H-pyrrole nitrogens is 1. The van der Waals surface area contributed by atoms with Crippen molar-refractivity contribution in [3.63, 3.8) is 0 Å². The van der Waals surface area contributed by atoms with Gasteiger partial charge in [0.25, 0.3) is 5.56 Å². The van der Waals surface area contributed by atoms with Crippen LogP contribution >= 0.6 is 23.1 Å². The number of fused-ring (bicyclic) bond motifs is 1. The molecule has 1 amide bonds. The van der Waals surface area contributed by atoms with Gasteiger partial charge in [-0.05, 0) is 12.1 Å². The van der Waals surface area contributed by atoms with Crippen molar-refractivity contribution < 1.29 is 18.7 Å². The standard InChI is InChI=1S/C16H9F2N3O3S2/c17-9-2-1-7(3-10(9)18)20-13(24)6-25-16-8(5-19)14-15(26-16)11(22)4-12(23)21-14/h1-4H,6H2,(H,20,24)(H2,21,22,23). The van der Waals surface area contributed by atoms with E-state index in [1.54, 1.807) is 0 Å². The number of halogens is 2. The van der Waals surface area contributed by atoms with Gasteiger partial charge in [0, 0.05) is 17.8 Å². The average Bonchev–Trinajstić information content (AvgIpc) is 2.94. The zero-order valence-electron chi connectivity index (χ0n) is 12.8. The van der Waals surface area contributed by atoms with Gasteiger partial charge in [0.1, 0.15) is 17.4 Å². The Morgan fingerprint density at radius 1 is 1.35 bits per heavy atom. The Bertz CT molecular complexity index is 1120. The summed E-state index contributed by atoms with van der Waals surface area (Å²) in [7, 11) is 0. The highest BCUT2D eigenvalue weighted by atomic mass is 32.2. The van der Waals surface area contributed by atoms with E-state index >= 15 is 0 Å². The fourth-order valence-electron chi connectivity index (χ4n) is 2.16. The number of carbonyl (C=O) groups excluding carboxylic acids is 1. The Hall–Kier alpha value is -2.90. The van der Waals surface area contributed by atoms with Crippen molar-refractivity contribution in [3.8, 4) is 11.8 Å². The predicted octanol–water partition coefficient (Wildman–Crippen LogP) is 3.18. The minimum Gasteiger partial charge on any atom is -0.506 e. The van der Waals surface area contributed by atoms with Crippen LogP contribution in [0.3, 0.4) is 0 Å². The number of thioether (sulfide) groups is 1. The van der Waals surface area contributed by atoms with Gasteiger partial charge in [0.2, 0.25) is 5.91 Å². The summed E-state index contributed by atoms with van der Waals surface area (Å²) in [5.74, 6) is -2.93. The Labute approximate surface area is 153 Å². The third-order valence-electron chi connectivity index (χ3n) is 3.27. The van der Waals surface area contributed by atoms with Crippen LogP contribution in [0.1, 0.15) is 5.56 Å². The largest absolute Gasteiger partial charge is 0.506 e. The molecule has 1 aromatic carbocycles. The topological polar surface area (TPSA) is 106 Å². The van der Waals surface area contributed by atoms with E-state index in [2.05, 4.69) is 10.3 Å². The number of hydrogen-bond acceptors (Lipinski definition) is 6. The number of anilines is 1. The minimum atomic E-state index is -1.08. The summed E-state index contributed by atoms with van der Waals surface area (Å²) in [5.41, 5.74) is -0.0695. The molecule has 0 radical (unpaired) electrons. The van der Waals surface area contributed by atoms with Gasteiger partial charge in [-0.15, -0.1) is 23.1 Å². The summed E-state index contributed by atoms with van der Waals surface area (Å²) in [4.78, 5) is 25.9. The second-order valence-corrected chi connectivity index (χ2v) is 7.33. The van der Waals surface area contributed by atoms with Crippen molar-refractivity contribution in [2.75, 3.05) is 11.1 Å². The second kappa shape index (κ2) is 7.15. The van der Waals surface area contributed by atoms with Gasteiger partial charge in [-0.1, -0.05) is 0 Å². The Kier molecular flexibility index (Phi) is 4.92. The first-order chi connectivity index (χ1) is 12.4. The lowest BCUT2D eigenvalue weighted by Gasteiger charge is -2.05. The Morgan fingerprint density at radius 2 is 2.12 bits per heavy atom. The quantitative estimate of drug-likeness (QED) is 0.591. The van der Waals surface area contributed by atoms with E-state index in [1.807, 2.05) is 6.07 Å². The van der Waals surface area contributed by atoms with E-state index in [-0.39, 0.29) is 28.3 Å². The summed E-state index contributed by atoms with van der Waals surface area (Å²) >= 11 is 2.10. The molecule has 0 saturated heterocycles. The molecule has 132 valence electrons. The van der Waals surface area contributed by atoms with Crippen LogP contribution in [-0.2, 0) is 4.79 Å². The van der Waals surface area contributed by atoms with Gasteiger partial charge in [0.15, 0.2) is 11.6 Å². The van der Waals surface area contributed by atoms with Crippen molar-refractivity contribution in [3.05, 3.63) is 51.8 Å². The first kappa shape index (κ1) is 17.9. The monoisotopic (exact) mass is 393 g/mol. The van der Waals surface area contributed by atoms with Gasteiger partial charge in [-0.25, -0.2) is 8.78 Å². The molecule has 0 bridgehead atoms. The first-order valence-electron chi connectivity index (χ1n) is 7.05. The predicted molar refractivity (Wildman–Crippen MR) is 94.5 cm³/mol. The molecule has 0 fully saturated rings. The number of amides is 1. The number of aromatic nitrogens is 1. The molecule has 2 aromatic heterocycles. The minimum absolute atomic E-state index is 0.105.